The van der Waals surface area contributed by atoms with Crippen molar-refractivity contribution in [2.75, 3.05) is 6.61 Å². The zero-order chi connectivity index (χ0) is 14.6. The Balaban J connectivity index is 5.41. The molecule has 0 aromatic rings. The Labute approximate surface area is 115 Å². The molecule has 0 fully saturated rings. The quantitative estimate of drug-likeness (QED) is 0.271. The molecule has 0 aliphatic carbocycles. The smallest absolute Gasteiger partial charge is 0.349 e. The molecule has 0 aromatic carbocycles. The van der Waals surface area contributed by atoms with Gasteiger partial charge in [0.1, 0.15) is 13.4 Å². The third-order valence-corrected chi connectivity index (χ3v) is 8.55. The van der Waals surface area contributed by atoms with Crippen molar-refractivity contribution in [3.8, 4) is 0 Å². The Kier molecular flexibility index (Phi) is 5.95. The number of ether oxygens (including phenoxy) is 1. The number of thiocarbonyl (C=S) groups is 1. The molecule has 0 heterocycles. The largest absolute Gasteiger partial charge is 0.462 e. The van der Waals surface area contributed by atoms with Gasteiger partial charge < -0.3 is 10.5 Å². The molecule has 0 atom stereocenters. The zero-order valence-electron chi connectivity index (χ0n) is 12.0. The summed E-state index contributed by atoms with van der Waals surface area (Å²) >= 11 is 4.70. The second-order valence-electron chi connectivity index (χ2n) is 5.53. The molecule has 0 spiro atoms. The number of hydrogen-bond donors (Lipinski definition) is 2. The molecule has 5 nitrogen and oxygen atoms in total. The minimum Gasteiger partial charge on any atom is -0.462 e. The molecule has 0 aliphatic rings. The number of nitrogens with two attached hydrogens (primary N) is 1. The van der Waals surface area contributed by atoms with Crippen molar-refractivity contribution in [2.45, 2.75) is 45.8 Å². The third-order valence-electron chi connectivity index (χ3n) is 3.21. The molecule has 0 saturated heterocycles. The van der Waals surface area contributed by atoms with Gasteiger partial charge in [0.05, 0.1) is 6.61 Å². The molecule has 0 rings (SSSR count). The maximum atomic E-state index is 12.0. The molecule has 0 aromatic heterocycles. The lowest BCUT2D eigenvalue weighted by molar-refractivity contribution is -0.134. The van der Waals surface area contributed by atoms with Crippen LogP contribution in [0.25, 0.3) is 0 Å². The van der Waals surface area contributed by atoms with E-state index in [1.807, 2.05) is 0 Å². The predicted octanol–water partition coefficient (Wildman–Crippen LogP) is 1.79. The van der Waals surface area contributed by atoms with Crippen molar-refractivity contribution in [1.29, 1.82) is 0 Å². The number of nitrogens with zero attached hydrogens (tertiary/aromatic N) is 1. The second kappa shape index (κ2) is 6.28. The van der Waals surface area contributed by atoms with Crippen LogP contribution in [0.5, 0.6) is 0 Å². The minimum atomic E-state index is -2.10. The maximum absolute atomic E-state index is 12.0. The van der Waals surface area contributed by atoms with Gasteiger partial charge in [0.2, 0.25) is 0 Å². The van der Waals surface area contributed by atoms with Crippen LogP contribution in [0.1, 0.15) is 27.7 Å². The van der Waals surface area contributed by atoms with Crippen molar-refractivity contribution in [1.82, 2.24) is 5.43 Å². The highest BCUT2D eigenvalue weighted by Crippen LogP contribution is 2.37. The number of hydrogen-bond acceptors (Lipinski definition) is 4. The van der Waals surface area contributed by atoms with Gasteiger partial charge in [-0.1, -0.05) is 33.9 Å². The molecular weight excluding hydrogens is 266 g/mol. The molecule has 0 unspecified atom stereocenters. The summed E-state index contributed by atoms with van der Waals surface area (Å²) in [7, 11) is -2.10. The van der Waals surface area contributed by atoms with E-state index in [0.29, 0.717) is 11.9 Å². The minimum absolute atomic E-state index is 0.0313. The first-order valence-electron chi connectivity index (χ1n) is 5.84. The summed E-state index contributed by atoms with van der Waals surface area (Å²) in [5.41, 5.74) is 7.84. The van der Waals surface area contributed by atoms with Crippen molar-refractivity contribution in [2.24, 2.45) is 10.8 Å². The predicted molar refractivity (Wildman–Crippen MR) is 81.2 cm³/mol. The summed E-state index contributed by atoms with van der Waals surface area (Å²) in [5.74, 6) is -0.396. The van der Waals surface area contributed by atoms with Crippen molar-refractivity contribution >= 4 is 36.7 Å². The molecule has 0 radical (unpaired) electrons. The molecule has 0 aliphatic heterocycles. The zero-order valence-corrected chi connectivity index (χ0v) is 13.8. The van der Waals surface area contributed by atoms with Gasteiger partial charge in [-0.05, 0) is 24.2 Å². The summed E-state index contributed by atoms with van der Waals surface area (Å²) < 4.78 is 5.06. The SMILES string of the molecule is CCOC(=O)/C(=N/NC(N)=S)[Si](C)(C)C(C)(C)C. The normalized spacial score (nSPS) is 13.1. The van der Waals surface area contributed by atoms with E-state index in [4.69, 9.17) is 22.7 Å². The summed E-state index contributed by atoms with van der Waals surface area (Å²) in [6, 6.07) is 0. The number of hydrazone groups is 1. The van der Waals surface area contributed by atoms with Crippen molar-refractivity contribution in [3.63, 3.8) is 0 Å². The van der Waals surface area contributed by atoms with Crippen LogP contribution in [0.3, 0.4) is 0 Å². The maximum Gasteiger partial charge on any atom is 0.349 e. The standard InChI is InChI=1S/C11H23N3O2SSi/c1-7-16-9(15)8(13-14-10(12)17)18(5,6)11(2,3)4/h7H2,1-6H3,(H3,12,14,17)/b13-8-. The number of carbonyl (C=O) groups is 1. The van der Waals surface area contributed by atoms with Gasteiger partial charge in [-0.3, -0.25) is 5.43 Å². The van der Waals surface area contributed by atoms with Gasteiger partial charge in [-0.25, -0.2) is 4.79 Å². The van der Waals surface area contributed by atoms with E-state index in [2.05, 4.69) is 44.4 Å². The van der Waals surface area contributed by atoms with E-state index >= 15 is 0 Å². The van der Waals surface area contributed by atoms with Gasteiger partial charge in [0, 0.05) is 0 Å². The Bertz CT molecular complexity index is 362. The lowest BCUT2D eigenvalue weighted by atomic mass is 10.2. The van der Waals surface area contributed by atoms with Crippen LogP contribution in [0.15, 0.2) is 5.10 Å². The van der Waals surface area contributed by atoms with Gasteiger partial charge in [0.25, 0.3) is 0 Å². The van der Waals surface area contributed by atoms with Crippen LogP contribution < -0.4 is 11.2 Å². The van der Waals surface area contributed by atoms with Crippen LogP contribution >= 0.6 is 12.2 Å². The molecule has 0 bridgehead atoms. The van der Waals surface area contributed by atoms with Gasteiger partial charge in [0.15, 0.2) is 5.11 Å². The average Bonchev–Trinajstić information content (AvgIpc) is 2.15. The molecule has 7 heteroatoms. The number of carbonyl (C=O) groups excluding carboxylic acids is 1. The van der Waals surface area contributed by atoms with Gasteiger partial charge in [-0.2, -0.15) is 5.10 Å². The summed E-state index contributed by atoms with van der Waals surface area (Å²) in [4.78, 5) is 12.0. The van der Waals surface area contributed by atoms with E-state index in [-0.39, 0.29) is 10.2 Å². The fourth-order valence-corrected chi connectivity index (χ4v) is 2.78. The van der Waals surface area contributed by atoms with Crippen LogP contribution in [0.4, 0.5) is 0 Å². The molecule has 3 N–H and O–H groups in total. The first-order chi connectivity index (χ1) is 8.04. The molecule has 18 heavy (non-hydrogen) atoms. The van der Waals surface area contributed by atoms with Crippen molar-refractivity contribution in [3.05, 3.63) is 0 Å². The molecule has 0 saturated carbocycles. The number of nitrogens with one attached hydrogen (secondary N) is 1. The molecular formula is C11H23N3O2SSi. The lowest BCUT2D eigenvalue weighted by Crippen LogP contribution is -2.51. The van der Waals surface area contributed by atoms with Crippen LogP contribution in [-0.4, -0.2) is 31.1 Å². The summed E-state index contributed by atoms with van der Waals surface area (Å²) in [5, 5.41) is 4.49. The third kappa shape index (κ3) is 4.38. The lowest BCUT2D eigenvalue weighted by Gasteiger charge is -2.36. The average molecular weight is 289 g/mol. The Morgan fingerprint density at radius 2 is 1.94 bits per heavy atom. The molecule has 104 valence electrons. The monoisotopic (exact) mass is 289 g/mol. The van der Waals surface area contributed by atoms with E-state index in [1.165, 1.54) is 0 Å². The molecule has 0 amide bonds. The van der Waals surface area contributed by atoms with E-state index < -0.39 is 14.0 Å². The van der Waals surface area contributed by atoms with Gasteiger partial charge in [-0.15, -0.1) is 0 Å². The van der Waals surface area contributed by atoms with E-state index in [0.717, 1.165) is 0 Å². The van der Waals surface area contributed by atoms with Crippen molar-refractivity contribution < 1.29 is 9.53 Å². The van der Waals surface area contributed by atoms with Crippen LogP contribution in [0.2, 0.25) is 18.1 Å². The van der Waals surface area contributed by atoms with Gasteiger partial charge >= 0.3 is 5.97 Å². The summed E-state index contributed by atoms with van der Waals surface area (Å²) in [6.45, 7) is 12.5. The first-order valence-corrected chi connectivity index (χ1v) is 9.25. The Hall–Kier alpha value is -0.953. The topological polar surface area (TPSA) is 76.7 Å². The Morgan fingerprint density at radius 1 is 1.44 bits per heavy atom. The fraction of sp³-hybridized carbons (Fsp3) is 0.727. The first kappa shape index (κ1) is 17.0. The fourth-order valence-electron chi connectivity index (χ4n) is 1.11. The Morgan fingerprint density at radius 3 is 2.28 bits per heavy atom. The number of esters is 1. The highest BCUT2D eigenvalue weighted by atomic mass is 32.1. The highest BCUT2D eigenvalue weighted by Gasteiger charge is 2.44. The summed E-state index contributed by atoms with van der Waals surface area (Å²) in [6.07, 6.45) is 0. The van der Waals surface area contributed by atoms with Crippen LogP contribution in [-0.2, 0) is 9.53 Å². The van der Waals surface area contributed by atoms with E-state index in [1.54, 1.807) is 6.92 Å². The van der Waals surface area contributed by atoms with E-state index in [9.17, 15) is 4.79 Å². The number of rotatable bonds is 4. The second-order valence-corrected chi connectivity index (χ2v) is 11.2. The van der Waals surface area contributed by atoms with Crippen LogP contribution in [0, 0.1) is 0 Å². The highest BCUT2D eigenvalue weighted by molar-refractivity contribution is 7.80.